The summed E-state index contributed by atoms with van der Waals surface area (Å²) >= 11 is 0. The molecule has 0 radical (unpaired) electrons. The summed E-state index contributed by atoms with van der Waals surface area (Å²) in [5, 5.41) is 8.18. The van der Waals surface area contributed by atoms with E-state index in [1.165, 1.54) is 7.11 Å². The fourth-order valence-corrected chi connectivity index (χ4v) is 4.47. The van der Waals surface area contributed by atoms with E-state index in [2.05, 4.69) is 15.3 Å². The average molecular weight is 475 g/mol. The molecule has 1 saturated heterocycles. The molecule has 10 nitrogen and oxygen atoms in total. The van der Waals surface area contributed by atoms with Gasteiger partial charge in [0, 0.05) is 25.1 Å². The number of methoxy groups -OCH3 is 2. The minimum atomic E-state index is -0.329. The van der Waals surface area contributed by atoms with Crippen LogP contribution in [0.2, 0.25) is 0 Å². The van der Waals surface area contributed by atoms with Crippen molar-refractivity contribution in [3.63, 3.8) is 0 Å². The van der Waals surface area contributed by atoms with Crippen LogP contribution in [0.5, 0.6) is 11.5 Å². The molecule has 0 bridgehead atoms. The van der Waals surface area contributed by atoms with Gasteiger partial charge in [-0.1, -0.05) is 35.5 Å². The van der Waals surface area contributed by atoms with Crippen LogP contribution in [0.4, 0.5) is 0 Å². The molecule has 3 heterocycles. The smallest absolute Gasteiger partial charge is 0.281 e. The highest BCUT2D eigenvalue weighted by molar-refractivity contribution is 5.97. The zero-order valence-electron chi connectivity index (χ0n) is 19.6. The minimum absolute atomic E-state index is 0.117. The predicted molar refractivity (Wildman–Crippen MR) is 129 cm³/mol. The summed E-state index contributed by atoms with van der Waals surface area (Å²) in [4.78, 5) is 35.5. The molecular formula is C25H26N6O4. The highest BCUT2D eigenvalue weighted by Gasteiger charge is 2.29. The normalized spacial score (nSPS) is 15.8. The van der Waals surface area contributed by atoms with Gasteiger partial charge in [-0.25, -0.2) is 9.67 Å². The van der Waals surface area contributed by atoms with Crippen molar-refractivity contribution in [1.82, 2.24) is 29.9 Å². The molecule has 1 unspecified atom stereocenters. The monoisotopic (exact) mass is 474 g/mol. The molecule has 0 saturated carbocycles. The molecule has 2 aromatic heterocycles. The largest absolute Gasteiger partial charge is 0.497 e. The Morgan fingerprint density at radius 2 is 1.97 bits per heavy atom. The molecule has 5 rings (SSSR count). The molecule has 1 N–H and O–H groups in total. The van der Waals surface area contributed by atoms with E-state index in [0.29, 0.717) is 48.2 Å². The lowest BCUT2D eigenvalue weighted by molar-refractivity contribution is 0.0701. The van der Waals surface area contributed by atoms with Crippen LogP contribution in [0.15, 0.2) is 53.3 Å². The Hall–Kier alpha value is -4.21. The SMILES string of the molecule is COc1ccc(C(=O)N2CCCC(c3nc4c(nnn4Cc4ccccc4)c(=O)[nH]3)C2)c(OC)c1. The van der Waals surface area contributed by atoms with Crippen LogP contribution in [0.1, 0.15) is 40.5 Å². The van der Waals surface area contributed by atoms with Gasteiger partial charge in [-0.3, -0.25) is 9.59 Å². The fraction of sp³-hybridized carbons (Fsp3) is 0.320. The number of aromatic nitrogens is 5. The minimum Gasteiger partial charge on any atom is -0.497 e. The Kier molecular flexibility index (Phi) is 6.17. The first-order valence-electron chi connectivity index (χ1n) is 11.5. The molecule has 1 fully saturated rings. The van der Waals surface area contributed by atoms with Gasteiger partial charge in [0.2, 0.25) is 0 Å². The van der Waals surface area contributed by atoms with E-state index < -0.39 is 0 Å². The topological polar surface area (TPSA) is 115 Å². The van der Waals surface area contributed by atoms with Crippen molar-refractivity contribution in [2.75, 3.05) is 27.3 Å². The standard InChI is InChI=1S/C25H26N6O4/c1-34-18-10-11-19(20(13-18)35-2)25(33)30-12-6-9-17(15-30)22-26-23-21(24(32)27-22)28-29-31(23)14-16-7-4-3-5-8-16/h3-5,7-8,10-11,13,17H,6,9,12,14-15H2,1-2H3,(H,26,27,32). The van der Waals surface area contributed by atoms with Crippen molar-refractivity contribution < 1.29 is 14.3 Å². The summed E-state index contributed by atoms with van der Waals surface area (Å²) in [5.74, 6) is 1.37. The number of amides is 1. The Bertz CT molecular complexity index is 1410. The van der Waals surface area contributed by atoms with E-state index >= 15 is 0 Å². The fourth-order valence-electron chi connectivity index (χ4n) is 4.47. The highest BCUT2D eigenvalue weighted by atomic mass is 16.5. The van der Waals surface area contributed by atoms with Gasteiger partial charge < -0.3 is 19.4 Å². The lowest BCUT2D eigenvalue weighted by Gasteiger charge is -2.32. The summed E-state index contributed by atoms with van der Waals surface area (Å²) in [6.45, 7) is 1.51. The predicted octanol–water partition coefficient (Wildman–Crippen LogP) is 2.60. The van der Waals surface area contributed by atoms with E-state index in [-0.39, 0.29) is 22.9 Å². The van der Waals surface area contributed by atoms with Gasteiger partial charge in [-0.2, -0.15) is 0 Å². The number of ether oxygens (including phenoxy) is 2. The van der Waals surface area contributed by atoms with Gasteiger partial charge in [-0.05, 0) is 30.5 Å². The van der Waals surface area contributed by atoms with Crippen molar-refractivity contribution in [3.8, 4) is 11.5 Å². The number of hydrogen-bond donors (Lipinski definition) is 1. The molecule has 0 aliphatic carbocycles. The number of piperidine rings is 1. The molecule has 1 atom stereocenters. The molecule has 0 spiro atoms. The zero-order chi connectivity index (χ0) is 24.4. The van der Waals surface area contributed by atoms with Crippen LogP contribution >= 0.6 is 0 Å². The Morgan fingerprint density at radius 3 is 2.74 bits per heavy atom. The molecule has 4 aromatic rings. The number of H-pyrrole nitrogens is 1. The number of carbonyl (C=O) groups is 1. The molecule has 10 heteroatoms. The van der Waals surface area contributed by atoms with Crippen molar-refractivity contribution in [1.29, 1.82) is 0 Å². The molecule has 180 valence electrons. The first-order chi connectivity index (χ1) is 17.1. The number of likely N-dealkylation sites (tertiary alicyclic amines) is 1. The third kappa shape index (κ3) is 4.46. The van der Waals surface area contributed by atoms with E-state index in [0.717, 1.165) is 18.4 Å². The molecule has 1 amide bonds. The van der Waals surface area contributed by atoms with Crippen LogP contribution in [0.25, 0.3) is 11.2 Å². The first-order valence-corrected chi connectivity index (χ1v) is 11.5. The van der Waals surface area contributed by atoms with E-state index in [1.54, 1.807) is 34.9 Å². The maximum absolute atomic E-state index is 13.3. The van der Waals surface area contributed by atoms with Gasteiger partial charge in [0.25, 0.3) is 11.5 Å². The van der Waals surface area contributed by atoms with Crippen LogP contribution in [0.3, 0.4) is 0 Å². The average Bonchev–Trinajstić information content (AvgIpc) is 3.31. The van der Waals surface area contributed by atoms with Crippen molar-refractivity contribution in [2.24, 2.45) is 0 Å². The summed E-state index contributed by atoms with van der Waals surface area (Å²) in [6, 6.07) is 15.0. The quantitative estimate of drug-likeness (QED) is 0.457. The van der Waals surface area contributed by atoms with E-state index in [1.807, 2.05) is 30.3 Å². The van der Waals surface area contributed by atoms with E-state index in [4.69, 9.17) is 14.5 Å². The third-order valence-electron chi connectivity index (χ3n) is 6.30. The Morgan fingerprint density at radius 1 is 1.14 bits per heavy atom. The number of fused-ring (bicyclic) bond motifs is 1. The van der Waals surface area contributed by atoms with Crippen LogP contribution in [-0.2, 0) is 6.54 Å². The molecule has 1 aliphatic rings. The van der Waals surface area contributed by atoms with Gasteiger partial charge >= 0.3 is 0 Å². The van der Waals surface area contributed by atoms with Gasteiger partial charge in [0.1, 0.15) is 17.3 Å². The summed E-state index contributed by atoms with van der Waals surface area (Å²) in [5.41, 5.74) is 1.82. The summed E-state index contributed by atoms with van der Waals surface area (Å²) in [7, 11) is 3.10. The van der Waals surface area contributed by atoms with Gasteiger partial charge in [0.15, 0.2) is 11.2 Å². The lowest BCUT2D eigenvalue weighted by Crippen LogP contribution is -2.40. The third-order valence-corrected chi connectivity index (χ3v) is 6.30. The molecule has 1 aliphatic heterocycles. The second-order valence-electron chi connectivity index (χ2n) is 8.51. The van der Waals surface area contributed by atoms with Crippen molar-refractivity contribution in [2.45, 2.75) is 25.3 Å². The second kappa shape index (κ2) is 9.57. The highest BCUT2D eigenvalue weighted by Crippen LogP contribution is 2.30. The molecule has 2 aromatic carbocycles. The number of hydrogen-bond acceptors (Lipinski definition) is 7. The van der Waals surface area contributed by atoms with Crippen molar-refractivity contribution >= 4 is 17.1 Å². The number of carbonyl (C=O) groups excluding carboxylic acids is 1. The Balaban J connectivity index is 1.42. The van der Waals surface area contributed by atoms with Gasteiger partial charge in [-0.15, -0.1) is 5.10 Å². The maximum atomic E-state index is 13.3. The maximum Gasteiger partial charge on any atom is 0.281 e. The number of rotatable bonds is 6. The van der Waals surface area contributed by atoms with Crippen LogP contribution in [-0.4, -0.2) is 63.1 Å². The number of nitrogens with one attached hydrogen (secondary N) is 1. The van der Waals surface area contributed by atoms with Gasteiger partial charge in [0.05, 0.1) is 26.3 Å². The molecule has 35 heavy (non-hydrogen) atoms. The molecular weight excluding hydrogens is 448 g/mol. The zero-order valence-corrected chi connectivity index (χ0v) is 19.6. The summed E-state index contributed by atoms with van der Waals surface area (Å²) in [6.07, 6.45) is 1.59. The van der Waals surface area contributed by atoms with Crippen LogP contribution < -0.4 is 15.0 Å². The second-order valence-corrected chi connectivity index (χ2v) is 8.51. The summed E-state index contributed by atoms with van der Waals surface area (Å²) < 4.78 is 12.3. The van der Waals surface area contributed by atoms with Crippen molar-refractivity contribution in [3.05, 3.63) is 75.8 Å². The van der Waals surface area contributed by atoms with Crippen LogP contribution in [0, 0.1) is 0 Å². The Labute approximate surface area is 201 Å². The number of nitrogens with zero attached hydrogens (tertiary/aromatic N) is 5. The lowest BCUT2D eigenvalue weighted by atomic mass is 9.96. The number of benzene rings is 2. The first kappa shape index (κ1) is 22.6. The number of aromatic amines is 1. The van der Waals surface area contributed by atoms with E-state index in [9.17, 15) is 9.59 Å².